The second kappa shape index (κ2) is 10.3. The van der Waals surface area contributed by atoms with Crippen LogP contribution in [0.1, 0.15) is 30.9 Å². The van der Waals surface area contributed by atoms with E-state index in [2.05, 4.69) is 17.4 Å². The van der Waals surface area contributed by atoms with Crippen molar-refractivity contribution in [2.24, 2.45) is 11.8 Å². The number of benzene rings is 2. The van der Waals surface area contributed by atoms with Crippen LogP contribution in [0.3, 0.4) is 0 Å². The van der Waals surface area contributed by atoms with E-state index in [0.717, 1.165) is 22.3 Å². The average Bonchev–Trinajstić information content (AvgIpc) is 2.96. The molecule has 34 heavy (non-hydrogen) atoms. The summed E-state index contributed by atoms with van der Waals surface area (Å²) in [6, 6.07) is 15.3. The number of amides is 2. The van der Waals surface area contributed by atoms with Crippen molar-refractivity contribution < 1.29 is 29.0 Å². The van der Waals surface area contributed by atoms with E-state index < -0.39 is 24.0 Å². The van der Waals surface area contributed by atoms with Crippen LogP contribution in [-0.4, -0.2) is 66.9 Å². The molecule has 1 saturated heterocycles. The van der Waals surface area contributed by atoms with Crippen LogP contribution in [0.4, 0.5) is 4.79 Å². The summed E-state index contributed by atoms with van der Waals surface area (Å²) in [6.07, 6.45) is -0.672. The van der Waals surface area contributed by atoms with Gasteiger partial charge in [0.2, 0.25) is 5.91 Å². The molecule has 0 radical (unpaired) electrons. The van der Waals surface area contributed by atoms with Crippen LogP contribution in [0.2, 0.25) is 0 Å². The zero-order chi connectivity index (χ0) is 24.2. The summed E-state index contributed by atoms with van der Waals surface area (Å²) in [6.45, 7) is 4.45. The highest BCUT2D eigenvalue weighted by atomic mass is 16.5. The maximum Gasteiger partial charge on any atom is 0.407 e. The summed E-state index contributed by atoms with van der Waals surface area (Å²) in [5.74, 6) is -2.43. The molecule has 2 amide bonds. The van der Waals surface area contributed by atoms with E-state index in [1.807, 2.05) is 50.2 Å². The van der Waals surface area contributed by atoms with Gasteiger partial charge in [-0.15, -0.1) is 0 Å². The number of hydrogen-bond donors (Lipinski definition) is 2. The van der Waals surface area contributed by atoms with E-state index in [9.17, 15) is 19.5 Å². The van der Waals surface area contributed by atoms with Crippen molar-refractivity contribution in [1.29, 1.82) is 0 Å². The molecule has 1 fully saturated rings. The molecule has 0 aromatic heterocycles. The highest BCUT2D eigenvalue weighted by Crippen LogP contribution is 2.44. The molecular formula is C26H30N2O6. The van der Waals surface area contributed by atoms with Crippen LogP contribution < -0.4 is 5.32 Å². The zero-order valence-electron chi connectivity index (χ0n) is 19.4. The van der Waals surface area contributed by atoms with Gasteiger partial charge in [0.25, 0.3) is 0 Å². The summed E-state index contributed by atoms with van der Waals surface area (Å²) >= 11 is 0. The van der Waals surface area contributed by atoms with Crippen LogP contribution in [0.15, 0.2) is 48.5 Å². The lowest BCUT2D eigenvalue weighted by Crippen LogP contribution is -2.53. The van der Waals surface area contributed by atoms with Crippen LogP contribution in [0.25, 0.3) is 11.1 Å². The van der Waals surface area contributed by atoms with Crippen molar-refractivity contribution in [2.75, 3.05) is 32.9 Å². The smallest absolute Gasteiger partial charge is 0.407 e. The molecule has 180 valence electrons. The number of nitrogens with one attached hydrogen (secondary N) is 1. The second-order valence-corrected chi connectivity index (χ2v) is 9.09. The fraction of sp³-hybridized carbons (Fsp3) is 0.423. The van der Waals surface area contributed by atoms with Crippen LogP contribution >= 0.6 is 0 Å². The van der Waals surface area contributed by atoms with E-state index in [1.165, 1.54) is 4.90 Å². The van der Waals surface area contributed by atoms with E-state index in [-0.39, 0.29) is 50.7 Å². The molecule has 1 aliphatic heterocycles. The summed E-state index contributed by atoms with van der Waals surface area (Å²) in [4.78, 5) is 38.8. The largest absolute Gasteiger partial charge is 0.481 e. The first-order valence-electron chi connectivity index (χ1n) is 11.6. The normalized spacial score (nSPS) is 18.6. The Bertz CT molecular complexity index is 1020. The van der Waals surface area contributed by atoms with E-state index in [1.54, 1.807) is 0 Å². The number of alkyl carbamates (subject to hydrolysis) is 1. The molecule has 2 aromatic carbocycles. The Morgan fingerprint density at radius 3 is 2.29 bits per heavy atom. The summed E-state index contributed by atoms with van der Waals surface area (Å²) in [5, 5.41) is 12.1. The van der Waals surface area contributed by atoms with Crippen LogP contribution in [0.5, 0.6) is 0 Å². The number of carbonyl (C=O) groups excluding carboxylic acids is 2. The molecule has 8 nitrogen and oxygen atoms in total. The van der Waals surface area contributed by atoms with Gasteiger partial charge in [0.05, 0.1) is 19.1 Å². The quantitative estimate of drug-likeness (QED) is 0.678. The Morgan fingerprint density at radius 1 is 1.09 bits per heavy atom. The lowest BCUT2D eigenvalue weighted by Gasteiger charge is -2.29. The highest BCUT2D eigenvalue weighted by molar-refractivity contribution is 5.86. The van der Waals surface area contributed by atoms with Crippen LogP contribution in [0, 0.1) is 11.8 Å². The Kier molecular flexibility index (Phi) is 7.17. The van der Waals surface area contributed by atoms with Gasteiger partial charge in [-0.3, -0.25) is 9.59 Å². The summed E-state index contributed by atoms with van der Waals surface area (Å²) in [7, 11) is 0. The predicted molar refractivity (Wildman–Crippen MR) is 125 cm³/mol. The first kappa shape index (κ1) is 23.8. The molecule has 2 aliphatic rings. The van der Waals surface area contributed by atoms with Gasteiger partial charge in [-0.05, 0) is 28.2 Å². The van der Waals surface area contributed by atoms with Crippen molar-refractivity contribution in [3.8, 4) is 11.1 Å². The molecule has 1 unspecified atom stereocenters. The number of fused-ring (bicyclic) bond motifs is 3. The van der Waals surface area contributed by atoms with Gasteiger partial charge in [0.1, 0.15) is 12.6 Å². The Hall–Kier alpha value is -3.39. The van der Waals surface area contributed by atoms with Gasteiger partial charge in [-0.25, -0.2) is 4.79 Å². The van der Waals surface area contributed by atoms with Crippen molar-refractivity contribution in [3.05, 3.63) is 59.7 Å². The molecule has 2 N–H and O–H groups in total. The van der Waals surface area contributed by atoms with Crippen molar-refractivity contribution in [1.82, 2.24) is 10.2 Å². The van der Waals surface area contributed by atoms with Gasteiger partial charge in [0, 0.05) is 19.0 Å². The molecule has 1 aliphatic carbocycles. The minimum atomic E-state index is -1.01. The van der Waals surface area contributed by atoms with E-state index >= 15 is 0 Å². The van der Waals surface area contributed by atoms with Crippen molar-refractivity contribution >= 4 is 18.0 Å². The first-order valence-corrected chi connectivity index (χ1v) is 11.6. The molecule has 4 rings (SSSR count). The topological polar surface area (TPSA) is 105 Å². The fourth-order valence-corrected chi connectivity index (χ4v) is 4.64. The molecular weight excluding hydrogens is 436 g/mol. The number of carboxylic acid groups (broad SMARTS) is 1. The van der Waals surface area contributed by atoms with Crippen molar-refractivity contribution in [3.63, 3.8) is 0 Å². The minimum absolute atomic E-state index is 0.0454. The van der Waals surface area contributed by atoms with Gasteiger partial charge in [0.15, 0.2) is 0 Å². The Balaban J connectivity index is 1.42. The standard InChI is InChI=1S/C26H30N2O6/c1-16(2)23(24(29)28-11-12-33-14-17(13-28)25(30)31)27-26(32)34-15-22-20-9-5-3-7-18(20)19-8-4-6-10-21(19)22/h3-10,16-17,22-23H,11-15H2,1-2H3,(H,27,32)(H,30,31)/t17?,23-/m0/s1. The predicted octanol–water partition coefficient (Wildman–Crippen LogP) is 3.11. The number of aliphatic carboxylic acids is 1. The van der Waals surface area contributed by atoms with E-state index in [0.29, 0.717) is 0 Å². The number of rotatable bonds is 6. The fourth-order valence-electron chi connectivity index (χ4n) is 4.64. The number of carbonyl (C=O) groups is 3. The van der Waals surface area contributed by atoms with Gasteiger partial charge in [-0.1, -0.05) is 62.4 Å². The molecule has 0 bridgehead atoms. The SMILES string of the molecule is CC(C)[C@H](NC(=O)OCC1c2ccccc2-c2ccccc21)C(=O)N1CCOCC(C(=O)O)C1. The zero-order valence-corrected chi connectivity index (χ0v) is 19.4. The summed E-state index contributed by atoms with van der Waals surface area (Å²) < 4.78 is 10.9. The summed E-state index contributed by atoms with van der Waals surface area (Å²) in [5.41, 5.74) is 4.49. The number of ether oxygens (including phenoxy) is 2. The third-order valence-electron chi connectivity index (χ3n) is 6.48. The molecule has 2 aromatic rings. The highest BCUT2D eigenvalue weighted by Gasteiger charge is 2.34. The molecule has 0 saturated carbocycles. The lowest BCUT2D eigenvalue weighted by molar-refractivity contribution is -0.144. The minimum Gasteiger partial charge on any atom is -0.481 e. The van der Waals surface area contributed by atoms with Gasteiger partial charge >= 0.3 is 12.1 Å². The van der Waals surface area contributed by atoms with Crippen LogP contribution in [-0.2, 0) is 19.1 Å². The van der Waals surface area contributed by atoms with Crippen molar-refractivity contribution in [2.45, 2.75) is 25.8 Å². The Morgan fingerprint density at radius 2 is 1.71 bits per heavy atom. The second-order valence-electron chi connectivity index (χ2n) is 9.09. The number of hydrogen-bond acceptors (Lipinski definition) is 5. The molecule has 0 spiro atoms. The number of carboxylic acids is 1. The third kappa shape index (κ3) is 4.92. The molecule has 1 heterocycles. The van der Waals surface area contributed by atoms with E-state index in [4.69, 9.17) is 9.47 Å². The Labute approximate surface area is 198 Å². The lowest BCUT2D eigenvalue weighted by atomic mass is 9.98. The third-order valence-corrected chi connectivity index (χ3v) is 6.48. The first-order chi connectivity index (χ1) is 16.4. The maximum atomic E-state index is 13.2. The monoisotopic (exact) mass is 466 g/mol. The van der Waals surface area contributed by atoms with Gasteiger partial charge < -0.3 is 24.8 Å². The number of nitrogens with zero attached hydrogens (tertiary/aromatic N) is 1. The maximum absolute atomic E-state index is 13.2. The van der Waals surface area contributed by atoms with Gasteiger partial charge in [-0.2, -0.15) is 0 Å². The average molecular weight is 467 g/mol. The molecule has 2 atom stereocenters. The molecule has 8 heteroatoms.